The minimum absolute atomic E-state index is 0.00591. The topological polar surface area (TPSA) is 75.4 Å². The lowest BCUT2D eigenvalue weighted by atomic mass is 9.71. The highest BCUT2D eigenvalue weighted by Gasteiger charge is 2.38. The van der Waals surface area contributed by atoms with Crippen molar-refractivity contribution in [3.05, 3.63) is 64.7 Å². The van der Waals surface area contributed by atoms with Crippen LogP contribution in [0.1, 0.15) is 55.8 Å². The molecule has 0 spiro atoms. The molecule has 0 radical (unpaired) electrons. The first kappa shape index (κ1) is 24.3. The first-order valence-corrected chi connectivity index (χ1v) is 12.3. The summed E-state index contributed by atoms with van der Waals surface area (Å²) in [6.07, 6.45) is 5.12. The Morgan fingerprint density at radius 2 is 1.86 bits per heavy atom. The maximum atomic E-state index is 14.5. The van der Waals surface area contributed by atoms with E-state index in [0.717, 1.165) is 22.7 Å². The van der Waals surface area contributed by atoms with Gasteiger partial charge in [0.25, 0.3) is 0 Å². The minimum Gasteiger partial charge on any atom is -0.481 e. The molecule has 1 amide bonds. The van der Waals surface area contributed by atoms with Gasteiger partial charge in [-0.15, -0.1) is 0 Å². The number of carboxylic acid groups (broad SMARTS) is 1. The summed E-state index contributed by atoms with van der Waals surface area (Å²) in [6, 6.07) is 5.16. The van der Waals surface area contributed by atoms with Crippen molar-refractivity contribution in [2.45, 2.75) is 58.5 Å². The lowest BCUT2D eigenvalue weighted by molar-refractivity contribution is -0.150. The Kier molecular flexibility index (Phi) is 6.26. The second kappa shape index (κ2) is 9.26. The molecule has 36 heavy (non-hydrogen) atoms. The van der Waals surface area contributed by atoms with E-state index < -0.39 is 28.8 Å². The van der Waals surface area contributed by atoms with E-state index in [1.807, 2.05) is 12.1 Å². The second-order valence-electron chi connectivity index (χ2n) is 10.3. The largest absolute Gasteiger partial charge is 0.481 e. The molecule has 1 saturated carbocycles. The van der Waals surface area contributed by atoms with Crippen molar-refractivity contribution >= 4 is 22.9 Å². The molecule has 1 N–H and O–H groups in total. The lowest BCUT2D eigenvalue weighted by Gasteiger charge is -2.35. The molecule has 1 fully saturated rings. The molecule has 3 aromatic rings. The van der Waals surface area contributed by atoms with Crippen LogP contribution in [0.2, 0.25) is 0 Å². The summed E-state index contributed by atoms with van der Waals surface area (Å²) in [4.78, 5) is 31.0. The molecule has 5 rings (SSSR count). The molecule has 6 nitrogen and oxygen atoms in total. The van der Waals surface area contributed by atoms with Crippen LogP contribution in [0.3, 0.4) is 0 Å². The van der Waals surface area contributed by atoms with Crippen molar-refractivity contribution in [1.29, 1.82) is 0 Å². The normalized spacial score (nSPS) is 22.0. The van der Waals surface area contributed by atoms with Gasteiger partial charge in [-0.2, -0.15) is 0 Å². The van der Waals surface area contributed by atoms with Crippen molar-refractivity contribution in [2.24, 2.45) is 11.3 Å². The van der Waals surface area contributed by atoms with Crippen molar-refractivity contribution in [2.75, 3.05) is 6.54 Å². The molecule has 1 aliphatic carbocycles. The van der Waals surface area contributed by atoms with Crippen LogP contribution in [0.25, 0.3) is 11.0 Å². The Bertz CT molecular complexity index is 1350. The number of nitrogens with zero attached hydrogens (tertiary/aromatic N) is 3. The van der Waals surface area contributed by atoms with Crippen LogP contribution in [-0.4, -0.2) is 38.0 Å². The first-order valence-electron chi connectivity index (χ1n) is 12.3. The zero-order valence-electron chi connectivity index (χ0n) is 20.1. The maximum Gasteiger partial charge on any atom is 0.309 e. The maximum absolute atomic E-state index is 14.5. The van der Waals surface area contributed by atoms with Gasteiger partial charge in [-0.05, 0) is 68.7 Å². The number of amides is 1. The van der Waals surface area contributed by atoms with Crippen LogP contribution in [0.4, 0.5) is 13.2 Å². The highest BCUT2D eigenvalue weighted by atomic mass is 19.2. The van der Waals surface area contributed by atoms with Gasteiger partial charge in [-0.1, -0.05) is 0 Å². The van der Waals surface area contributed by atoms with Gasteiger partial charge in [0.1, 0.15) is 11.5 Å². The molecule has 2 aromatic heterocycles. The molecule has 3 heterocycles. The number of halogens is 3. The molecule has 1 aliphatic heterocycles. The summed E-state index contributed by atoms with van der Waals surface area (Å²) in [5.41, 5.74) is 1.74. The monoisotopic (exact) mass is 499 g/mol. The molecule has 0 bridgehead atoms. The Balaban J connectivity index is 1.38. The lowest BCUT2D eigenvalue weighted by Crippen LogP contribution is -2.39. The summed E-state index contributed by atoms with van der Waals surface area (Å²) >= 11 is 0. The van der Waals surface area contributed by atoms with E-state index in [0.29, 0.717) is 63.3 Å². The Morgan fingerprint density at radius 1 is 1.14 bits per heavy atom. The molecular formula is C27H28F3N3O3. The Hall–Kier alpha value is -3.36. The van der Waals surface area contributed by atoms with Gasteiger partial charge in [0.05, 0.1) is 18.5 Å². The smallest absolute Gasteiger partial charge is 0.309 e. The highest BCUT2D eigenvalue weighted by Crippen LogP contribution is 2.40. The number of carbonyl (C=O) groups excluding carboxylic acids is 1. The average Bonchev–Trinajstić information content (AvgIpc) is 3.17. The van der Waals surface area contributed by atoms with Crippen LogP contribution in [0, 0.1) is 28.8 Å². The third-order valence-corrected chi connectivity index (χ3v) is 7.97. The number of rotatable bonds is 5. The summed E-state index contributed by atoms with van der Waals surface area (Å²) in [6.45, 7) is 2.58. The number of pyridine rings is 1. The zero-order valence-corrected chi connectivity index (χ0v) is 20.1. The number of hydrogen-bond acceptors (Lipinski definition) is 3. The molecule has 9 heteroatoms. The number of aromatic nitrogens is 2. The second-order valence-corrected chi connectivity index (χ2v) is 10.3. The van der Waals surface area contributed by atoms with E-state index in [1.165, 1.54) is 0 Å². The summed E-state index contributed by atoms with van der Waals surface area (Å²) in [5.74, 6) is -3.82. The van der Waals surface area contributed by atoms with E-state index in [4.69, 9.17) is 0 Å². The molecule has 1 aromatic carbocycles. The van der Waals surface area contributed by atoms with Crippen molar-refractivity contribution in [3.63, 3.8) is 0 Å². The van der Waals surface area contributed by atoms with Crippen LogP contribution in [0.5, 0.6) is 0 Å². The Labute approximate surface area is 206 Å². The summed E-state index contributed by atoms with van der Waals surface area (Å²) in [7, 11) is 0. The number of carbonyl (C=O) groups is 2. The third-order valence-electron chi connectivity index (χ3n) is 7.97. The minimum atomic E-state index is -1.24. The fourth-order valence-corrected chi connectivity index (χ4v) is 5.61. The van der Waals surface area contributed by atoms with E-state index in [9.17, 15) is 27.9 Å². The third kappa shape index (κ3) is 4.35. The Morgan fingerprint density at radius 3 is 2.58 bits per heavy atom. The van der Waals surface area contributed by atoms with Gasteiger partial charge in [-0.3, -0.25) is 9.59 Å². The van der Waals surface area contributed by atoms with Crippen molar-refractivity contribution in [1.82, 2.24) is 14.5 Å². The number of hydrogen-bond donors (Lipinski definition) is 1. The van der Waals surface area contributed by atoms with Crippen molar-refractivity contribution < 1.29 is 27.9 Å². The number of fused-ring (bicyclic) bond motifs is 3. The quantitative estimate of drug-likeness (QED) is 0.498. The SMILES string of the molecule is C[C@]1(C(=O)O)CC[C@H](CC(=O)N2CCc3c(n(Cc4cc(F)c(F)cc4F)c4ncccc34)C2)CC1. The summed E-state index contributed by atoms with van der Waals surface area (Å²) in [5, 5.41) is 10.4. The van der Waals surface area contributed by atoms with Gasteiger partial charge in [0.2, 0.25) is 5.91 Å². The molecule has 190 valence electrons. The van der Waals surface area contributed by atoms with E-state index >= 15 is 0 Å². The molecule has 0 atom stereocenters. The molecule has 0 unspecified atom stereocenters. The summed E-state index contributed by atoms with van der Waals surface area (Å²) < 4.78 is 43.6. The average molecular weight is 500 g/mol. The van der Waals surface area contributed by atoms with Gasteiger partial charge in [0.15, 0.2) is 11.6 Å². The number of aliphatic carboxylic acids is 1. The van der Waals surface area contributed by atoms with Crippen LogP contribution in [0.15, 0.2) is 30.5 Å². The highest BCUT2D eigenvalue weighted by molar-refractivity contribution is 5.84. The van der Waals surface area contributed by atoms with Crippen LogP contribution >= 0.6 is 0 Å². The van der Waals surface area contributed by atoms with Gasteiger partial charge < -0.3 is 14.6 Å². The van der Waals surface area contributed by atoms with Gasteiger partial charge in [0, 0.05) is 41.9 Å². The zero-order chi connectivity index (χ0) is 25.6. The molecule has 0 saturated heterocycles. The van der Waals surface area contributed by atoms with E-state index in [1.54, 1.807) is 22.6 Å². The predicted molar refractivity (Wildman–Crippen MR) is 127 cm³/mol. The van der Waals surface area contributed by atoms with Crippen LogP contribution in [-0.2, 0) is 29.1 Å². The number of carboxylic acids is 1. The van der Waals surface area contributed by atoms with E-state index in [2.05, 4.69) is 4.98 Å². The van der Waals surface area contributed by atoms with Gasteiger partial charge >= 0.3 is 5.97 Å². The predicted octanol–water partition coefficient (Wildman–Crippen LogP) is 5.06. The standard InChI is InChI=1S/C27H28F3N3O3/c1-27(26(35)36)7-4-16(5-8-27)11-24(34)32-10-6-18-19-3-2-9-31-25(19)33(23(18)15-32)14-17-12-21(29)22(30)13-20(17)28/h2-3,9,12-13,16H,4-8,10-11,14-15H2,1H3,(H,35,36)/t16-,27-. The molecule has 2 aliphatic rings. The fourth-order valence-electron chi connectivity index (χ4n) is 5.61. The number of benzene rings is 1. The van der Waals surface area contributed by atoms with Crippen LogP contribution < -0.4 is 0 Å². The van der Waals surface area contributed by atoms with Crippen molar-refractivity contribution in [3.8, 4) is 0 Å². The fraction of sp³-hybridized carbons (Fsp3) is 0.444. The van der Waals surface area contributed by atoms with E-state index in [-0.39, 0.29) is 23.9 Å². The van der Waals surface area contributed by atoms with Gasteiger partial charge in [-0.25, -0.2) is 18.2 Å². The first-order chi connectivity index (χ1) is 17.2. The molecular weight excluding hydrogens is 471 g/mol.